The number of thiophene rings is 1. The van der Waals surface area contributed by atoms with Crippen molar-refractivity contribution < 1.29 is 4.79 Å². The smallest absolute Gasteiger partial charge is 0.233 e. The molecule has 3 aromatic rings. The number of rotatable bonds is 6. The molecule has 4 rings (SSSR count). The first-order valence-corrected chi connectivity index (χ1v) is 11.4. The molecule has 146 valence electrons. The molecule has 5 nitrogen and oxygen atoms in total. The summed E-state index contributed by atoms with van der Waals surface area (Å²) < 4.78 is 0. The second kappa shape index (κ2) is 8.49. The molecule has 1 amide bonds. The van der Waals surface area contributed by atoms with E-state index in [2.05, 4.69) is 22.4 Å². The van der Waals surface area contributed by atoms with Gasteiger partial charge in [0.25, 0.3) is 0 Å². The van der Waals surface area contributed by atoms with E-state index in [1.807, 2.05) is 25.1 Å². The molecular formula is C21H24N4OS2. The third-order valence-electron chi connectivity index (χ3n) is 5.03. The summed E-state index contributed by atoms with van der Waals surface area (Å²) in [4.78, 5) is 24.0. The van der Waals surface area contributed by atoms with E-state index in [-0.39, 0.29) is 11.2 Å². The number of hydrogen-bond donors (Lipinski definition) is 2. The lowest BCUT2D eigenvalue weighted by Gasteiger charge is -2.12. The summed E-state index contributed by atoms with van der Waals surface area (Å²) in [6.45, 7) is 2.50. The highest BCUT2D eigenvalue weighted by atomic mass is 32.2. The van der Waals surface area contributed by atoms with Crippen LogP contribution < -0.4 is 11.1 Å². The Bertz CT molecular complexity index is 987. The Morgan fingerprint density at radius 3 is 2.86 bits per heavy atom. The summed E-state index contributed by atoms with van der Waals surface area (Å²) >= 11 is 3.10. The Morgan fingerprint density at radius 1 is 1.25 bits per heavy atom. The van der Waals surface area contributed by atoms with Crippen molar-refractivity contribution in [2.24, 2.45) is 0 Å². The average molecular weight is 413 g/mol. The van der Waals surface area contributed by atoms with Gasteiger partial charge in [-0.1, -0.05) is 42.1 Å². The van der Waals surface area contributed by atoms with Crippen molar-refractivity contribution >= 4 is 45.0 Å². The fourth-order valence-electron chi connectivity index (χ4n) is 3.55. The molecule has 2 heterocycles. The predicted molar refractivity (Wildman–Crippen MR) is 117 cm³/mol. The minimum Gasteiger partial charge on any atom is -0.383 e. The van der Waals surface area contributed by atoms with Gasteiger partial charge < -0.3 is 11.1 Å². The number of aryl methyl sites for hydroxylation is 2. The van der Waals surface area contributed by atoms with Crippen LogP contribution in [0, 0.1) is 0 Å². The number of nitrogens with one attached hydrogen (secondary N) is 1. The summed E-state index contributed by atoms with van der Waals surface area (Å²) in [5.41, 5.74) is 8.82. The lowest BCUT2D eigenvalue weighted by Crippen LogP contribution is -2.32. The molecule has 1 aliphatic carbocycles. The minimum absolute atomic E-state index is 0.00586. The van der Waals surface area contributed by atoms with Crippen LogP contribution in [0.3, 0.4) is 0 Å². The molecule has 2 aromatic heterocycles. The standard InChI is InChI=1S/C21H24N4OS2/c1-13(19(26)23-12-11-14-7-3-2-4-8-14)27-21-24-18(22)17-15-9-5-6-10-16(15)28-20(17)25-21/h2-4,7-8,13H,5-6,9-12H2,1H3,(H,23,26)(H2,22,24,25). The molecule has 0 fully saturated rings. The van der Waals surface area contributed by atoms with Gasteiger partial charge >= 0.3 is 0 Å². The van der Waals surface area contributed by atoms with Crippen LogP contribution in [0.5, 0.6) is 0 Å². The highest BCUT2D eigenvalue weighted by molar-refractivity contribution is 8.00. The number of anilines is 1. The average Bonchev–Trinajstić information content (AvgIpc) is 3.07. The monoisotopic (exact) mass is 412 g/mol. The zero-order chi connectivity index (χ0) is 19.5. The number of benzene rings is 1. The van der Waals surface area contributed by atoms with Gasteiger partial charge in [0.1, 0.15) is 10.6 Å². The molecule has 1 unspecified atom stereocenters. The van der Waals surface area contributed by atoms with E-state index in [0.717, 1.165) is 29.5 Å². The van der Waals surface area contributed by atoms with Crippen LogP contribution >= 0.6 is 23.1 Å². The largest absolute Gasteiger partial charge is 0.383 e. The van der Waals surface area contributed by atoms with Crippen molar-refractivity contribution in [2.45, 2.75) is 49.4 Å². The maximum Gasteiger partial charge on any atom is 0.233 e. The topological polar surface area (TPSA) is 80.9 Å². The molecule has 0 saturated carbocycles. The molecule has 0 bridgehead atoms. The van der Waals surface area contributed by atoms with Crippen LogP contribution in [0.25, 0.3) is 10.2 Å². The zero-order valence-corrected chi connectivity index (χ0v) is 17.5. The predicted octanol–water partition coefficient (Wildman–Crippen LogP) is 3.99. The highest BCUT2D eigenvalue weighted by Gasteiger charge is 2.22. The first-order valence-electron chi connectivity index (χ1n) is 9.68. The molecule has 1 aromatic carbocycles. The fraction of sp³-hybridized carbons (Fsp3) is 0.381. The highest BCUT2D eigenvalue weighted by Crippen LogP contribution is 2.38. The normalized spacial score (nSPS) is 14.6. The van der Waals surface area contributed by atoms with Gasteiger partial charge in [-0.05, 0) is 50.2 Å². The number of carbonyl (C=O) groups is 1. The fourth-order valence-corrected chi connectivity index (χ4v) is 5.68. The van der Waals surface area contributed by atoms with Crippen LogP contribution in [-0.4, -0.2) is 27.7 Å². The third-order valence-corrected chi connectivity index (χ3v) is 7.18. The Morgan fingerprint density at radius 2 is 2.04 bits per heavy atom. The number of aromatic nitrogens is 2. The van der Waals surface area contributed by atoms with E-state index < -0.39 is 0 Å². The first-order chi connectivity index (χ1) is 13.6. The number of nitrogen functional groups attached to an aromatic ring is 1. The molecule has 7 heteroatoms. The summed E-state index contributed by atoms with van der Waals surface area (Å²) in [6, 6.07) is 10.1. The Kier molecular flexibility index (Phi) is 5.82. The molecular weight excluding hydrogens is 388 g/mol. The van der Waals surface area contributed by atoms with Crippen molar-refractivity contribution in [2.75, 3.05) is 12.3 Å². The number of amides is 1. The molecule has 1 aliphatic rings. The third kappa shape index (κ3) is 4.15. The molecule has 0 radical (unpaired) electrons. The summed E-state index contributed by atoms with van der Waals surface area (Å²) in [5, 5.41) is 4.33. The Balaban J connectivity index is 1.40. The second-order valence-electron chi connectivity index (χ2n) is 7.07. The number of carbonyl (C=O) groups excluding carboxylic acids is 1. The summed E-state index contributed by atoms with van der Waals surface area (Å²) in [5.74, 6) is 0.539. The molecule has 0 spiro atoms. The quantitative estimate of drug-likeness (QED) is 0.473. The molecule has 0 aliphatic heterocycles. The van der Waals surface area contributed by atoms with Gasteiger partial charge in [-0.25, -0.2) is 9.97 Å². The van der Waals surface area contributed by atoms with Crippen LogP contribution in [-0.2, 0) is 24.1 Å². The number of nitrogens with two attached hydrogens (primary N) is 1. The lowest BCUT2D eigenvalue weighted by molar-refractivity contribution is -0.120. The summed E-state index contributed by atoms with van der Waals surface area (Å²) in [7, 11) is 0. The number of thioether (sulfide) groups is 1. The zero-order valence-electron chi connectivity index (χ0n) is 15.9. The first kappa shape index (κ1) is 19.2. The van der Waals surface area contributed by atoms with Gasteiger partial charge in [0.2, 0.25) is 5.91 Å². The van der Waals surface area contributed by atoms with E-state index in [4.69, 9.17) is 10.7 Å². The molecule has 0 saturated heterocycles. The van der Waals surface area contributed by atoms with Crippen molar-refractivity contribution in [3.63, 3.8) is 0 Å². The van der Waals surface area contributed by atoms with Crippen LogP contribution in [0.15, 0.2) is 35.5 Å². The van der Waals surface area contributed by atoms with E-state index in [9.17, 15) is 4.79 Å². The van der Waals surface area contributed by atoms with Crippen LogP contribution in [0.1, 0.15) is 35.8 Å². The van der Waals surface area contributed by atoms with Crippen molar-refractivity contribution in [3.05, 3.63) is 46.3 Å². The van der Waals surface area contributed by atoms with E-state index in [1.54, 1.807) is 11.3 Å². The van der Waals surface area contributed by atoms with Gasteiger partial charge in [-0.2, -0.15) is 0 Å². The van der Waals surface area contributed by atoms with Gasteiger partial charge in [0.15, 0.2) is 5.16 Å². The molecule has 28 heavy (non-hydrogen) atoms. The summed E-state index contributed by atoms with van der Waals surface area (Å²) in [6.07, 6.45) is 5.43. The number of hydrogen-bond acceptors (Lipinski definition) is 6. The van der Waals surface area contributed by atoms with Crippen molar-refractivity contribution in [3.8, 4) is 0 Å². The molecule has 3 N–H and O–H groups in total. The van der Waals surface area contributed by atoms with Gasteiger partial charge in [-0.15, -0.1) is 11.3 Å². The van der Waals surface area contributed by atoms with Crippen LogP contribution in [0.4, 0.5) is 5.82 Å². The Hall–Kier alpha value is -2.12. The number of fused-ring (bicyclic) bond motifs is 3. The second-order valence-corrected chi connectivity index (χ2v) is 9.46. The minimum atomic E-state index is -0.276. The SMILES string of the molecule is CC(Sc1nc(N)c2c3c(sc2n1)CCCC3)C(=O)NCCc1ccccc1. The van der Waals surface area contributed by atoms with E-state index >= 15 is 0 Å². The van der Waals surface area contributed by atoms with Gasteiger partial charge in [0.05, 0.1) is 10.6 Å². The lowest BCUT2D eigenvalue weighted by atomic mass is 9.97. The number of nitrogens with zero attached hydrogens (tertiary/aromatic N) is 2. The van der Waals surface area contributed by atoms with Crippen LogP contribution in [0.2, 0.25) is 0 Å². The van der Waals surface area contributed by atoms with E-state index in [0.29, 0.717) is 17.5 Å². The van der Waals surface area contributed by atoms with E-state index in [1.165, 1.54) is 40.6 Å². The van der Waals surface area contributed by atoms with Crippen molar-refractivity contribution in [1.82, 2.24) is 15.3 Å². The maximum atomic E-state index is 12.4. The van der Waals surface area contributed by atoms with Gasteiger partial charge in [0, 0.05) is 11.4 Å². The molecule has 1 atom stereocenters. The maximum absolute atomic E-state index is 12.4. The Labute approximate surface area is 173 Å². The van der Waals surface area contributed by atoms with Gasteiger partial charge in [-0.3, -0.25) is 4.79 Å². The van der Waals surface area contributed by atoms with Crippen molar-refractivity contribution in [1.29, 1.82) is 0 Å².